The molecule has 390 valence electrons. The number of ether oxygens (including phenoxy) is 5. The molecular weight excluding hydrogens is 955 g/mol. The summed E-state index contributed by atoms with van der Waals surface area (Å²) in [7, 11) is 1.86. The van der Waals surface area contributed by atoms with E-state index in [2.05, 4.69) is 48.2 Å². The van der Waals surface area contributed by atoms with E-state index in [1.165, 1.54) is 0 Å². The van der Waals surface area contributed by atoms with Crippen molar-refractivity contribution >= 4 is 33.9 Å². The molecule has 1 fully saturated rings. The molecule has 0 bridgehead atoms. The summed E-state index contributed by atoms with van der Waals surface area (Å²) in [4.78, 5) is 34.1. The Balaban J connectivity index is 0.716. The van der Waals surface area contributed by atoms with Crippen LogP contribution in [0.1, 0.15) is 42.2 Å². The van der Waals surface area contributed by atoms with Crippen LogP contribution in [0.15, 0.2) is 88.4 Å². The molecule has 5 N–H and O–H groups in total. The van der Waals surface area contributed by atoms with Crippen LogP contribution >= 0.6 is 0 Å². The highest BCUT2D eigenvalue weighted by Gasteiger charge is 2.31. The van der Waals surface area contributed by atoms with Gasteiger partial charge in [0.1, 0.15) is 42.3 Å². The normalized spacial score (nSPS) is 15.3. The van der Waals surface area contributed by atoms with Crippen LogP contribution in [0.2, 0.25) is 0 Å². The van der Waals surface area contributed by atoms with Crippen LogP contribution in [0, 0.1) is 25.7 Å². The number of H-pyrrole nitrogens is 1. The molecule has 3 atom stereocenters. The summed E-state index contributed by atoms with van der Waals surface area (Å²) in [5, 5.41) is 16.9. The van der Waals surface area contributed by atoms with Crippen LogP contribution in [0.3, 0.4) is 0 Å². The van der Waals surface area contributed by atoms with E-state index in [0.717, 1.165) is 27.9 Å². The highest BCUT2D eigenvalue weighted by Crippen LogP contribution is 2.32. The number of aromatic nitrogens is 4. The Morgan fingerprint density at radius 3 is 2.42 bits per heavy atom. The average molecular weight is 1020 g/mol. The van der Waals surface area contributed by atoms with Crippen LogP contribution in [-0.2, 0) is 25.5 Å². The number of piperidine rings is 1. The molecule has 0 aliphatic carbocycles. The highest BCUT2D eigenvalue weighted by molar-refractivity contribution is 5.94. The number of carbonyl (C=O) groups excluding carboxylic acids is 1. The number of pyridine rings is 2. The van der Waals surface area contributed by atoms with Crippen molar-refractivity contribution in [3.8, 4) is 34.5 Å². The molecule has 0 saturated carbocycles. The third-order valence-electron chi connectivity index (χ3n) is 11.8. The van der Waals surface area contributed by atoms with Gasteiger partial charge in [-0.05, 0) is 94.8 Å². The Morgan fingerprint density at radius 1 is 0.945 bits per heavy atom. The van der Waals surface area contributed by atoms with Crippen LogP contribution in [0.4, 0.5) is 34.6 Å². The molecule has 7 rings (SSSR count). The summed E-state index contributed by atoms with van der Waals surface area (Å²) in [5.41, 5.74) is 4.87. The van der Waals surface area contributed by atoms with Crippen molar-refractivity contribution in [2.75, 3.05) is 102 Å². The number of rotatable bonds is 25. The van der Waals surface area contributed by atoms with Gasteiger partial charge in [0.05, 0.1) is 80.9 Å². The van der Waals surface area contributed by atoms with Gasteiger partial charge >= 0.3 is 6.18 Å². The minimum atomic E-state index is -4.47. The van der Waals surface area contributed by atoms with Crippen molar-refractivity contribution in [2.24, 2.45) is 0 Å². The molecule has 1 aliphatic heterocycles. The van der Waals surface area contributed by atoms with Gasteiger partial charge in [-0.15, -0.1) is 0 Å². The van der Waals surface area contributed by atoms with Crippen LogP contribution < -0.4 is 36.3 Å². The van der Waals surface area contributed by atoms with Gasteiger partial charge in [0.2, 0.25) is 0 Å². The number of hydrogen-bond donors (Lipinski definition) is 5. The largest absolute Gasteiger partial charge is 0.491 e. The lowest BCUT2D eigenvalue weighted by atomic mass is 10.0. The fourth-order valence-corrected chi connectivity index (χ4v) is 8.15. The molecule has 1 saturated heterocycles. The molecule has 0 unspecified atom stereocenters. The minimum absolute atomic E-state index is 0.182. The first-order chi connectivity index (χ1) is 35.2. The first kappa shape index (κ1) is 53.7. The Morgan fingerprint density at radius 2 is 1.70 bits per heavy atom. The molecule has 5 heterocycles. The molecule has 73 heavy (non-hydrogen) atoms. The van der Waals surface area contributed by atoms with Crippen LogP contribution in [-0.4, -0.2) is 135 Å². The number of nitrogens with one attached hydrogen (secondary N) is 5. The monoisotopic (exact) mass is 1020 g/mol. The topological polar surface area (TPSA) is 191 Å². The first-order valence-corrected chi connectivity index (χ1v) is 24.0. The van der Waals surface area contributed by atoms with Gasteiger partial charge in [-0.3, -0.25) is 14.6 Å². The minimum Gasteiger partial charge on any atom is -0.491 e. The van der Waals surface area contributed by atoms with Crippen LogP contribution in [0.5, 0.6) is 11.5 Å². The summed E-state index contributed by atoms with van der Waals surface area (Å²) in [6.45, 7) is 7.95. The maximum atomic E-state index is 14.8. The first-order valence-electron chi connectivity index (χ1n) is 24.0. The predicted molar refractivity (Wildman–Crippen MR) is 269 cm³/mol. The number of anilines is 3. The number of aromatic amines is 1. The molecule has 0 radical (unpaired) electrons. The molecule has 17 nitrogen and oxygen atoms in total. The fourth-order valence-electron chi connectivity index (χ4n) is 8.15. The summed E-state index contributed by atoms with van der Waals surface area (Å²) in [6, 6.07) is 18.2. The van der Waals surface area contributed by atoms with E-state index in [1.54, 1.807) is 67.0 Å². The Labute approximate surface area is 420 Å². The predicted octanol–water partition coefficient (Wildman–Crippen LogP) is 7.27. The average Bonchev–Trinajstić information content (AvgIpc) is 3.89. The molecular formula is C52H61F4N9O8. The highest BCUT2D eigenvalue weighted by atomic mass is 19.4. The summed E-state index contributed by atoms with van der Waals surface area (Å²) in [5.74, 6) is 7.25. The van der Waals surface area contributed by atoms with E-state index in [1.807, 2.05) is 44.9 Å². The number of carbonyl (C=O) groups is 1. The Bertz CT molecular complexity index is 2840. The quantitative estimate of drug-likeness (QED) is 0.0219. The number of hydrogen-bond acceptors (Lipinski definition) is 14. The molecule has 6 aromatic rings. The third-order valence-corrected chi connectivity index (χ3v) is 11.8. The number of benzene rings is 2. The second-order valence-corrected chi connectivity index (χ2v) is 17.4. The lowest BCUT2D eigenvalue weighted by Gasteiger charge is -2.33. The van der Waals surface area contributed by atoms with Crippen molar-refractivity contribution in [1.29, 1.82) is 0 Å². The molecule has 2 aromatic carbocycles. The second kappa shape index (κ2) is 26.0. The van der Waals surface area contributed by atoms with E-state index in [-0.39, 0.29) is 56.1 Å². The SMILES string of the molecule is Cc1noc(C)c1-c1c[nH]c(=O)c(N[C@H](C)c2cc(OCC(=O)NCCOCCOCCOCCOc3ccc(NCC#Cc4cc5c(N[C@@H]6CCN(C)C[C@@H]6F)cccc5n4CC(F)(F)F)cc3)ccn2)c1. The maximum Gasteiger partial charge on any atom is 0.406 e. The van der Waals surface area contributed by atoms with Gasteiger partial charge in [0.15, 0.2) is 6.61 Å². The zero-order valence-corrected chi connectivity index (χ0v) is 41.2. The smallest absolute Gasteiger partial charge is 0.406 e. The van der Waals surface area contributed by atoms with Crippen molar-refractivity contribution in [3.63, 3.8) is 0 Å². The van der Waals surface area contributed by atoms with E-state index in [4.69, 9.17) is 28.2 Å². The summed E-state index contributed by atoms with van der Waals surface area (Å²) < 4.78 is 90.5. The van der Waals surface area contributed by atoms with Crippen molar-refractivity contribution in [2.45, 2.75) is 58.2 Å². The fraction of sp³-hybridized carbons (Fsp3) is 0.423. The van der Waals surface area contributed by atoms with E-state index in [9.17, 15) is 27.2 Å². The zero-order chi connectivity index (χ0) is 51.7. The van der Waals surface area contributed by atoms with Gasteiger partial charge in [0.25, 0.3) is 11.5 Å². The number of aryl methyl sites for hydroxylation is 2. The van der Waals surface area contributed by atoms with E-state index < -0.39 is 24.9 Å². The molecule has 1 aliphatic rings. The van der Waals surface area contributed by atoms with Crippen molar-refractivity contribution in [3.05, 3.63) is 112 Å². The molecule has 4 aromatic heterocycles. The number of amides is 1. The zero-order valence-electron chi connectivity index (χ0n) is 41.2. The van der Waals surface area contributed by atoms with Gasteiger partial charge in [-0.1, -0.05) is 17.1 Å². The second-order valence-electron chi connectivity index (χ2n) is 17.4. The number of alkyl halides is 4. The van der Waals surface area contributed by atoms with Gasteiger partial charge in [-0.2, -0.15) is 13.2 Å². The molecule has 0 spiro atoms. The Hall–Kier alpha value is -7.12. The standard InChI is InChI=1S/C52H61F4N9O8/c1-34(61-47-27-37(30-60-51(47)67)50-35(2)63-73-36(50)3)46-29-41(14-17-58-46)72-32-49(66)59-18-20-68-21-22-69-23-24-70-25-26-71-40-12-10-38(11-13-40)57-16-6-7-39-28-42-44(62-45-15-19-64(4)31-43(45)53)8-5-9-48(42)65(39)33-52(54,55)56/h5,8-14,17,27-30,34,43,45,57,61-62H,15-16,18-26,31-33H2,1-4H3,(H,59,66)(H,60,67)/t34-,43+,45-/m1/s1. The van der Waals surface area contributed by atoms with Gasteiger partial charge < -0.3 is 63.9 Å². The number of nitrogens with zero attached hydrogens (tertiary/aromatic N) is 4. The number of fused-ring (bicyclic) bond motifs is 1. The lowest BCUT2D eigenvalue weighted by Crippen LogP contribution is -2.46. The van der Waals surface area contributed by atoms with Gasteiger partial charge in [-0.25, -0.2) is 4.39 Å². The van der Waals surface area contributed by atoms with Crippen LogP contribution in [0.25, 0.3) is 22.0 Å². The number of halogens is 4. The molecule has 21 heteroatoms. The molecule has 1 amide bonds. The Kier molecular flexibility index (Phi) is 19.1. The van der Waals surface area contributed by atoms with Gasteiger partial charge in [0, 0.05) is 66.0 Å². The number of likely N-dealkylation sites (tertiary alicyclic amines) is 1. The van der Waals surface area contributed by atoms with Crippen molar-refractivity contribution in [1.82, 2.24) is 29.9 Å². The third kappa shape index (κ3) is 15.9. The van der Waals surface area contributed by atoms with E-state index in [0.29, 0.717) is 97.0 Å². The lowest BCUT2D eigenvalue weighted by molar-refractivity contribution is -0.140. The van der Waals surface area contributed by atoms with E-state index >= 15 is 0 Å². The summed E-state index contributed by atoms with van der Waals surface area (Å²) >= 11 is 0. The maximum absolute atomic E-state index is 14.8. The van der Waals surface area contributed by atoms with Crippen molar-refractivity contribution < 1.29 is 50.6 Å². The summed E-state index contributed by atoms with van der Waals surface area (Å²) in [6.07, 6.45) is -1.80.